The molecule has 0 saturated heterocycles. The summed E-state index contributed by atoms with van der Waals surface area (Å²) < 4.78 is 1.45. The maximum Gasteiger partial charge on any atom is 0.274 e. The number of hydrogen-bond donors (Lipinski definition) is 0. The zero-order chi connectivity index (χ0) is 13.1. The topological polar surface area (TPSA) is 78.0 Å². The van der Waals surface area contributed by atoms with Crippen molar-refractivity contribution in [3.63, 3.8) is 0 Å². The fourth-order valence-corrected chi connectivity index (χ4v) is 1.75. The molecule has 1 aromatic heterocycles. The van der Waals surface area contributed by atoms with Gasteiger partial charge in [0.1, 0.15) is 0 Å². The van der Waals surface area contributed by atoms with E-state index in [-0.39, 0.29) is 12.2 Å². The Bertz CT molecular complexity index is 609. The minimum absolute atomic E-state index is 0.0254. The number of nitrogens with zero attached hydrogens (tertiary/aromatic N) is 3. The first-order chi connectivity index (χ1) is 8.60. The molecule has 0 atom stereocenters. The first-order valence-corrected chi connectivity index (χ1v) is 5.38. The molecular formula is C11H8ClN3O3. The van der Waals surface area contributed by atoms with Crippen LogP contribution in [0.25, 0.3) is 0 Å². The molecule has 1 aromatic carbocycles. The maximum atomic E-state index is 10.9. The lowest BCUT2D eigenvalue weighted by Crippen LogP contribution is -2.03. The number of aldehydes is 1. The fraction of sp³-hybridized carbons (Fsp3) is 0.0909. The molecule has 0 spiro atoms. The van der Waals surface area contributed by atoms with Crippen molar-refractivity contribution in [3.05, 3.63) is 56.9 Å². The second-order valence-corrected chi connectivity index (χ2v) is 4.06. The predicted molar refractivity (Wildman–Crippen MR) is 64.8 cm³/mol. The monoisotopic (exact) mass is 265 g/mol. The van der Waals surface area contributed by atoms with Crippen LogP contribution in [0.4, 0.5) is 5.69 Å². The lowest BCUT2D eigenvalue weighted by atomic mass is 10.2. The average Bonchev–Trinajstić information content (AvgIpc) is 2.76. The molecular weight excluding hydrogens is 258 g/mol. The van der Waals surface area contributed by atoms with E-state index in [1.807, 2.05) is 0 Å². The number of carbonyl (C=O) groups excluding carboxylic acids is 1. The molecule has 6 nitrogen and oxygen atoms in total. The van der Waals surface area contributed by atoms with E-state index in [9.17, 15) is 14.9 Å². The molecule has 2 rings (SSSR count). The number of nitro groups is 1. The summed E-state index contributed by atoms with van der Waals surface area (Å²) in [6.45, 7) is 0.185. The van der Waals surface area contributed by atoms with E-state index in [4.69, 9.17) is 11.6 Å². The highest BCUT2D eigenvalue weighted by molar-refractivity contribution is 6.30. The van der Waals surface area contributed by atoms with Crippen LogP contribution < -0.4 is 0 Å². The summed E-state index contributed by atoms with van der Waals surface area (Å²) in [6.07, 6.45) is 3.57. The summed E-state index contributed by atoms with van der Waals surface area (Å²) in [4.78, 5) is 20.9. The molecule has 1 heterocycles. The Balaban J connectivity index is 2.35. The van der Waals surface area contributed by atoms with Gasteiger partial charge >= 0.3 is 0 Å². The van der Waals surface area contributed by atoms with E-state index in [0.717, 1.165) is 0 Å². The molecule has 2 aromatic rings. The highest BCUT2D eigenvalue weighted by Crippen LogP contribution is 2.23. The van der Waals surface area contributed by atoms with Gasteiger partial charge in [-0.05, 0) is 12.1 Å². The molecule has 0 aliphatic heterocycles. The van der Waals surface area contributed by atoms with Crippen LogP contribution in [0.2, 0.25) is 5.02 Å². The third-order valence-corrected chi connectivity index (χ3v) is 2.59. The van der Waals surface area contributed by atoms with Crippen LogP contribution in [0.5, 0.6) is 0 Å². The van der Waals surface area contributed by atoms with Gasteiger partial charge in [-0.2, -0.15) is 5.10 Å². The predicted octanol–water partition coefficient (Wildman–Crippen LogP) is 2.31. The zero-order valence-corrected chi connectivity index (χ0v) is 9.87. The van der Waals surface area contributed by atoms with Crippen molar-refractivity contribution in [2.24, 2.45) is 0 Å². The Morgan fingerprint density at radius 1 is 1.50 bits per heavy atom. The maximum absolute atomic E-state index is 10.9. The van der Waals surface area contributed by atoms with Crippen molar-refractivity contribution in [2.45, 2.75) is 6.54 Å². The van der Waals surface area contributed by atoms with Gasteiger partial charge < -0.3 is 0 Å². The Morgan fingerprint density at radius 2 is 2.28 bits per heavy atom. The molecule has 0 radical (unpaired) electrons. The summed E-state index contributed by atoms with van der Waals surface area (Å²) in [7, 11) is 0. The van der Waals surface area contributed by atoms with Crippen LogP contribution >= 0.6 is 11.6 Å². The summed E-state index contributed by atoms with van der Waals surface area (Å²) in [5.41, 5.74) is 0.829. The quantitative estimate of drug-likeness (QED) is 0.483. The number of carbonyl (C=O) groups is 1. The minimum Gasteiger partial charge on any atom is -0.298 e. The van der Waals surface area contributed by atoms with Gasteiger partial charge in [0.05, 0.1) is 28.8 Å². The number of halogens is 1. The Hall–Kier alpha value is -2.21. The van der Waals surface area contributed by atoms with Gasteiger partial charge in [0.25, 0.3) is 5.69 Å². The molecule has 0 aliphatic rings. The number of rotatable bonds is 4. The molecule has 0 amide bonds. The Kier molecular flexibility index (Phi) is 3.38. The molecule has 0 saturated carbocycles. The molecule has 0 bridgehead atoms. The van der Waals surface area contributed by atoms with Gasteiger partial charge in [0.2, 0.25) is 0 Å². The van der Waals surface area contributed by atoms with Gasteiger partial charge in [0.15, 0.2) is 6.29 Å². The second-order valence-electron chi connectivity index (χ2n) is 3.62. The van der Waals surface area contributed by atoms with Crippen molar-refractivity contribution < 1.29 is 9.72 Å². The number of benzene rings is 1. The highest BCUT2D eigenvalue weighted by Gasteiger charge is 2.14. The summed E-state index contributed by atoms with van der Waals surface area (Å²) in [5, 5.41) is 15.2. The largest absolute Gasteiger partial charge is 0.298 e. The number of nitro benzene ring substituents is 1. The first kappa shape index (κ1) is 12.3. The van der Waals surface area contributed by atoms with Crippen molar-refractivity contribution in [2.75, 3.05) is 0 Å². The molecule has 18 heavy (non-hydrogen) atoms. The fourth-order valence-electron chi connectivity index (χ4n) is 1.56. The van der Waals surface area contributed by atoms with Crippen LogP contribution in [0.15, 0.2) is 30.6 Å². The molecule has 0 fully saturated rings. The van der Waals surface area contributed by atoms with Gasteiger partial charge in [-0.15, -0.1) is 0 Å². The van der Waals surface area contributed by atoms with Crippen LogP contribution in [-0.2, 0) is 6.54 Å². The summed E-state index contributed by atoms with van der Waals surface area (Å²) in [5.74, 6) is 0. The third-order valence-electron chi connectivity index (χ3n) is 2.36. The van der Waals surface area contributed by atoms with Crippen LogP contribution in [0.1, 0.15) is 15.9 Å². The van der Waals surface area contributed by atoms with Crippen LogP contribution in [-0.4, -0.2) is 21.0 Å². The third kappa shape index (κ3) is 2.54. The Morgan fingerprint density at radius 3 is 2.89 bits per heavy atom. The first-order valence-electron chi connectivity index (χ1n) is 5.00. The average molecular weight is 266 g/mol. The van der Waals surface area contributed by atoms with E-state index in [0.29, 0.717) is 22.4 Å². The van der Waals surface area contributed by atoms with E-state index < -0.39 is 4.92 Å². The number of hydrogen-bond acceptors (Lipinski definition) is 4. The van der Waals surface area contributed by atoms with E-state index in [1.54, 1.807) is 0 Å². The van der Waals surface area contributed by atoms with Crippen molar-refractivity contribution >= 4 is 23.6 Å². The van der Waals surface area contributed by atoms with Gasteiger partial charge in [-0.3, -0.25) is 19.6 Å². The van der Waals surface area contributed by atoms with Crippen molar-refractivity contribution in [1.82, 2.24) is 9.78 Å². The standard InChI is InChI=1S/C11H8ClN3O3/c12-10-1-2-11(15(17)18)9(3-10)6-14-5-8(7-16)4-13-14/h1-5,7H,6H2. The van der Waals surface area contributed by atoms with Gasteiger partial charge in [-0.25, -0.2) is 0 Å². The van der Waals surface area contributed by atoms with Gasteiger partial charge in [-0.1, -0.05) is 11.6 Å². The molecule has 7 heteroatoms. The summed E-state index contributed by atoms with van der Waals surface area (Å²) >= 11 is 5.81. The molecule has 0 aliphatic carbocycles. The molecule has 0 unspecified atom stereocenters. The molecule has 0 N–H and O–H groups in total. The second kappa shape index (κ2) is 4.97. The normalized spacial score (nSPS) is 10.3. The van der Waals surface area contributed by atoms with E-state index >= 15 is 0 Å². The molecule has 92 valence electrons. The van der Waals surface area contributed by atoms with Gasteiger partial charge in [0, 0.05) is 17.3 Å². The Labute approximate surface area is 107 Å². The minimum atomic E-state index is -0.476. The van der Waals surface area contributed by atoms with E-state index in [1.165, 1.54) is 35.3 Å². The van der Waals surface area contributed by atoms with Crippen LogP contribution in [0.3, 0.4) is 0 Å². The SMILES string of the molecule is O=Cc1cnn(Cc2cc(Cl)ccc2[N+](=O)[O-])c1. The zero-order valence-electron chi connectivity index (χ0n) is 9.12. The lowest BCUT2D eigenvalue weighted by molar-refractivity contribution is -0.385. The van der Waals surface area contributed by atoms with E-state index in [2.05, 4.69) is 5.10 Å². The van der Waals surface area contributed by atoms with Crippen molar-refractivity contribution in [1.29, 1.82) is 0 Å². The highest BCUT2D eigenvalue weighted by atomic mass is 35.5. The smallest absolute Gasteiger partial charge is 0.274 e. The lowest BCUT2D eigenvalue weighted by Gasteiger charge is -2.03. The van der Waals surface area contributed by atoms with Crippen molar-refractivity contribution in [3.8, 4) is 0 Å². The number of aromatic nitrogens is 2. The van der Waals surface area contributed by atoms with Crippen LogP contribution in [0, 0.1) is 10.1 Å². The summed E-state index contributed by atoms with van der Waals surface area (Å²) in [6, 6.07) is 4.33.